The molecule has 32 heavy (non-hydrogen) atoms. The molecule has 4 aromatic rings. The molecule has 7 nitrogen and oxygen atoms in total. The van der Waals surface area contributed by atoms with Crippen LogP contribution in [0.3, 0.4) is 0 Å². The summed E-state index contributed by atoms with van der Waals surface area (Å²) in [5, 5.41) is 5.67. The summed E-state index contributed by atoms with van der Waals surface area (Å²) in [6.07, 6.45) is 3.59. The number of amides is 2. The van der Waals surface area contributed by atoms with Gasteiger partial charge in [0.05, 0.1) is 0 Å². The van der Waals surface area contributed by atoms with Crippen LogP contribution < -0.4 is 15.4 Å². The molecule has 160 valence electrons. The molecule has 0 unspecified atom stereocenters. The van der Waals surface area contributed by atoms with Gasteiger partial charge in [0.25, 0.3) is 11.8 Å². The van der Waals surface area contributed by atoms with Crippen molar-refractivity contribution in [1.82, 2.24) is 9.55 Å². The van der Waals surface area contributed by atoms with Crippen molar-refractivity contribution < 1.29 is 14.3 Å². The van der Waals surface area contributed by atoms with Gasteiger partial charge >= 0.3 is 0 Å². The molecule has 0 radical (unpaired) electrons. The van der Waals surface area contributed by atoms with E-state index in [0.29, 0.717) is 34.9 Å². The fourth-order valence-electron chi connectivity index (χ4n) is 3.02. The van der Waals surface area contributed by atoms with E-state index in [1.54, 1.807) is 66.9 Å². The fourth-order valence-corrected chi connectivity index (χ4v) is 3.02. The number of rotatable bonds is 7. The number of aryl methyl sites for hydroxylation is 1. The topological polar surface area (TPSA) is 85.2 Å². The molecule has 1 heterocycles. The average molecular weight is 426 g/mol. The number of benzene rings is 3. The molecule has 0 fully saturated rings. The zero-order chi connectivity index (χ0) is 22.3. The van der Waals surface area contributed by atoms with Crippen molar-refractivity contribution in [2.24, 2.45) is 7.05 Å². The van der Waals surface area contributed by atoms with E-state index in [0.717, 1.165) is 5.82 Å². The second-order valence-corrected chi connectivity index (χ2v) is 7.12. The van der Waals surface area contributed by atoms with Crippen LogP contribution in [0, 0.1) is 0 Å². The highest BCUT2D eigenvalue weighted by atomic mass is 16.5. The van der Waals surface area contributed by atoms with E-state index in [9.17, 15) is 9.59 Å². The highest BCUT2D eigenvalue weighted by molar-refractivity contribution is 6.06. The van der Waals surface area contributed by atoms with E-state index in [1.165, 1.54) is 0 Å². The minimum Gasteiger partial charge on any atom is -0.486 e. The molecule has 0 saturated carbocycles. The predicted molar refractivity (Wildman–Crippen MR) is 123 cm³/mol. The number of nitrogens with one attached hydrogen (secondary N) is 2. The van der Waals surface area contributed by atoms with Crippen LogP contribution in [0.5, 0.6) is 5.75 Å². The molecule has 0 aliphatic heterocycles. The number of nitrogens with zero attached hydrogens (tertiary/aromatic N) is 2. The van der Waals surface area contributed by atoms with Crippen LogP contribution in [0.15, 0.2) is 91.3 Å². The SMILES string of the molecule is Cn1ccnc1COc1ccc(NC(=O)c2ccc(NC(=O)c3ccccc3)cc2)cc1. The first kappa shape index (κ1) is 20.9. The van der Waals surface area contributed by atoms with Crippen molar-refractivity contribution in [2.75, 3.05) is 10.6 Å². The van der Waals surface area contributed by atoms with Gasteiger partial charge in [0, 0.05) is 41.9 Å². The molecule has 0 bridgehead atoms. The summed E-state index contributed by atoms with van der Waals surface area (Å²) in [6.45, 7) is 0.363. The van der Waals surface area contributed by atoms with E-state index in [2.05, 4.69) is 15.6 Å². The van der Waals surface area contributed by atoms with Crippen LogP contribution in [0.1, 0.15) is 26.5 Å². The molecule has 1 aromatic heterocycles. The Bertz CT molecular complexity index is 1200. The Morgan fingerprint density at radius 1 is 0.812 bits per heavy atom. The standard InChI is InChI=1S/C25H22N4O3/c1-29-16-15-26-23(29)17-32-22-13-11-21(12-14-22)28-25(31)19-7-9-20(10-8-19)27-24(30)18-5-3-2-4-6-18/h2-16H,17H2,1H3,(H,27,30)(H,28,31). The molecule has 2 N–H and O–H groups in total. The molecule has 0 spiro atoms. The molecule has 0 aliphatic carbocycles. The number of ether oxygens (including phenoxy) is 1. The second kappa shape index (κ2) is 9.61. The minimum absolute atomic E-state index is 0.201. The number of carbonyl (C=O) groups excluding carboxylic acids is 2. The molecule has 0 aliphatic rings. The smallest absolute Gasteiger partial charge is 0.255 e. The first-order valence-corrected chi connectivity index (χ1v) is 10.1. The van der Waals surface area contributed by atoms with E-state index in [-0.39, 0.29) is 11.8 Å². The number of aromatic nitrogens is 2. The highest BCUT2D eigenvalue weighted by Gasteiger charge is 2.09. The quantitative estimate of drug-likeness (QED) is 0.456. The Balaban J connectivity index is 1.31. The summed E-state index contributed by atoms with van der Waals surface area (Å²) in [7, 11) is 1.91. The van der Waals surface area contributed by atoms with Crippen molar-refractivity contribution in [3.05, 3.63) is 108 Å². The fraction of sp³-hybridized carbons (Fsp3) is 0.0800. The van der Waals surface area contributed by atoms with E-state index in [4.69, 9.17) is 4.74 Å². The van der Waals surface area contributed by atoms with Crippen molar-refractivity contribution in [1.29, 1.82) is 0 Å². The lowest BCUT2D eigenvalue weighted by Crippen LogP contribution is -2.13. The predicted octanol–water partition coefficient (Wildman–Crippen LogP) is 4.50. The van der Waals surface area contributed by atoms with Gasteiger partial charge in [-0.1, -0.05) is 18.2 Å². The lowest BCUT2D eigenvalue weighted by Gasteiger charge is -2.09. The Morgan fingerprint density at radius 3 is 1.94 bits per heavy atom. The van der Waals surface area contributed by atoms with Gasteiger partial charge < -0.3 is 19.9 Å². The van der Waals surface area contributed by atoms with Crippen LogP contribution in [0.25, 0.3) is 0 Å². The number of carbonyl (C=O) groups is 2. The third-order valence-corrected chi connectivity index (χ3v) is 4.84. The van der Waals surface area contributed by atoms with Gasteiger partial charge in [0.1, 0.15) is 18.2 Å². The van der Waals surface area contributed by atoms with Crippen molar-refractivity contribution in [3.63, 3.8) is 0 Å². The summed E-state index contributed by atoms with van der Waals surface area (Å²) >= 11 is 0. The molecule has 7 heteroatoms. The Hall–Kier alpha value is -4.39. The van der Waals surface area contributed by atoms with Gasteiger partial charge in [-0.3, -0.25) is 9.59 Å². The van der Waals surface area contributed by atoms with Gasteiger partial charge in [0.15, 0.2) is 0 Å². The van der Waals surface area contributed by atoms with Gasteiger partial charge in [-0.25, -0.2) is 4.98 Å². The largest absolute Gasteiger partial charge is 0.486 e. The second-order valence-electron chi connectivity index (χ2n) is 7.12. The maximum absolute atomic E-state index is 12.5. The van der Waals surface area contributed by atoms with Crippen molar-refractivity contribution >= 4 is 23.2 Å². The lowest BCUT2D eigenvalue weighted by molar-refractivity contribution is 0.102. The number of anilines is 2. The maximum Gasteiger partial charge on any atom is 0.255 e. The van der Waals surface area contributed by atoms with Crippen molar-refractivity contribution in [2.45, 2.75) is 6.61 Å². The zero-order valence-corrected chi connectivity index (χ0v) is 17.5. The Morgan fingerprint density at radius 2 is 1.38 bits per heavy atom. The Kier molecular flexibility index (Phi) is 6.27. The molecule has 2 amide bonds. The highest BCUT2D eigenvalue weighted by Crippen LogP contribution is 2.18. The maximum atomic E-state index is 12.5. The molecule has 0 atom stereocenters. The van der Waals surface area contributed by atoms with Crippen LogP contribution in [-0.2, 0) is 13.7 Å². The summed E-state index contributed by atoms with van der Waals surface area (Å²) in [6, 6.07) is 22.8. The zero-order valence-electron chi connectivity index (χ0n) is 17.5. The lowest BCUT2D eigenvalue weighted by atomic mass is 10.1. The minimum atomic E-state index is -0.243. The molecular formula is C25H22N4O3. The Labute approximate surface area is 185 Å². The summed E-state index contributed by atoms with van der Waals surface area (Å²) in [4.78, 5) is 29.0. The van der Waals surface area contributed by atoms with Gasteiger partial charge in [0.2, 0.25) is 0 Å². The summed E-state index contributed by atoms with van der Waals surface area (Å²) in [5.74, 6) is 1.07. The van der Waals surface area contributed by atoms with E-state index < -0.39 is 0 Å². The molecule has 3 aromatic carbocycles. The van der Waals surface area contributed by atoms with Crippen LogP contribution in [-0.4, -0.2) is 21.4 Å². The van der Waals surface area contributed by atoms with Crippen LogP contribution >= 0.6 is 0 Å². The van der Waals surface area contributed by atoms with Crippen LogP contribution in [0.4, 0.5) is 11.4 Å². The van der Waals surface area contributed by atoms with Gasteiger partial charge in [-0.15, -0.1) is 0 Å². The normalized spacial score (nSPS) is 10.4. The first-order chi connectivity index (χ1) is 15.6. The number of hydrogen-bond acceptors (Lipinski definition) is 4. The van der Waals surface area contributed by atoms with E-state index in [1.807, 2.05) is 36.0 Å². The monoisotopic (exact) mass is 426 g/mol. The van der Waals surface area contributed by atoms with Crippen LogP contribution in [0.2, 0.25) is 0 Å². The molecule has 0 saturated heterocycles. The molecular weight excluding hydrogens is 404 g/mol. The van der Waals surface area contributed by atoms with Gasteiger partial charge in [-0.05, 0) is 60.7 Å². The summed E-state index contributed by atoms with van der Waals surface area (Å²) in [5.41, 5.74) is 2.32. The number of hydrogen-bond donors (Lipinski definition) is 2. The van der Waals surface area contributed by atoms with Crippen molar-refractivity contribution in [3.8, 4) is 5.75 Å². The molecule has 4 rings (SSSR count). The first-order valence-electron chi connectivity index (χ1n) is 10.1. The van der Waals surface area contributed by atoms with Gasteiger partial charge in [-0.2, -0.15) is 0 Å². The number of imidazole rings is 1. The average Bonchev–Trinajstić information content (AvgIpc) is 3.24. The third kappa shape index (κ3) is 5.20. The van der Waals surface area contributed by atoms with E-state index >= 15 is 0 Å². The third-order valence-electron chi connectivity index (χ3n) is 4.84. The summed E-state index contributed by atoms with van der Waals surface area (Å²) < 4.78 is 7.62.